The zero-order chi connectivity index (χ0) is 12.5. The van der Waals surface area contributed by atoms with Gasteiger partial charge in [-0.25, -0.2) is 0 Å². The maximum Gasteiger partial charge on any atom is 0.323 e. The van der Waals surface area contributed by atoms with Gasteiger partial charge in [0.25, 0.3) is 0 Å². The van der Waals surface area contributed by atoms with Crippen LogP contribution in [0.15, 0.2) is 12.4 Å². The van der Waals surface area contributed by atoms with E-state index in [-0.39, 0.29) is 0 Å². The minimum Gasteiger partial charge on any atom is -0.480 e. The molecule has 1 aromatic heterocycles. The lowest BCUT2D eigenvalue weighted by Gasteiger charge is -2.26. The molecule has 1 heterocycles. The van der Waals surface area contributed by atoms with Crippen LogP contribution >= 0.6 is 0 Å². The summed E-state index contributed by atoms with van der Waals surface area (Å²) in [6.07, 6.45) is 6.43. The summed E-state index contributed by atoms with van der Waals surface area (Å²) in [5.74, 6) is -0.784. The molecular formula is C12H19N3O2. The first kappa shape index (κ1) is 12.1. The summed E-state index contributed by atoms with van der Waals surface area (Å²) in [5.41, 5.74) is 0.248. The van der Waals surface area contributed by atoms with E-state index in [2.05, 4.69) is 10.4 Å². The second kappa shape index (κ2) is 4.49. The van der Waals surface area contributed by atoms with Gasteiger partial charge in [-0.15, -0.1) is 0 Å². The molecule has 1 aliphatic carbocycles. The minimum absolute atomic E-state index is 0.385. The van der Waals surface area contributed by atoms with Gasteiger partial charge < -0.3 is 5.11 Å². The first-order valence-electron chi connectivity index (χ1n) is 6.00. The molecular weight excluding hydrogens is 218 g/mol. The van der Waals surface area contributed by atoms with E-state index in [1.54, 1.807) is 17.8 Å². The Labute approximate surface area is 101 Å². The van der Waals surface area contributed by atoms with Crippen molar-refractivity contribution in [2.75, 3.05) is 0 Å². The van der Waals surface area contributed by atoms with Crippen LogP contribution in [0.5, 0.6) is 0 Å². The van der Waals surface area contributed by atoms with Gasteiger partial charge in [0.2, 0.25) is 0 Å². The van der Waals surface area contributed by atoms with E-state index in [1.807, 2.05) is 13.1 Å². The molecule has 1 unspecified atom stereocenters. The van der Waals surface area contributed by atoms with Crippen LogP contribution < -0.4 is 5.32 Å². The Morgan fingerprint density at radius 1 is 1.71 bits per heavy atom. The number of aryl methyl sites for hydroxylation is 2. The smallest absolute Gasteiger partial charge is 0.323 e. The molecule has 1 saturated carbocycles. The fraction of sp³-hybridized carbons (Fsp3) is 0.667. The van der Waals surface area contributed by atoms with Gasteiger partial charge in [0, 0.05) is 18.8 Å². The summed E-state index contributed by atoms with van der Waals surface area (Å²) in [4.78, 5) is 11.3. The molecule has 0 bridgehead atoms. The molecule has 0 aliphatic heterocycles. The number of aromatic nitrogens is 2. The number of hydrogen-bond acceptors (Lipinski definition) is 3. The van der Waals surface area contributed by atoms with E-state index in [0.29, 0.717) is 19.0 Å². The Morgan fingerprint density at radius 3 is 2.88 bits per heavy atom. The van der Waals surface area contributed by atoms with Crippen LogP contribution in [0.1, 0.15) is 31.7 Å². The van der Waals surface area contributed by atoms with E-state index in [0.717, 1.165) is 18.4 Å². The van der Waals surface area contributed by atoms with Crippen molar-refractivity contribution in [1.82, 2.24) is 15.1 Å². The number of carboxylic acid groups (broad SMARTS) is 1. The van der Waals surface area contributed by atoms with Gasteiger partial charge in [-0.1, -0.05) is 0 Å². The molecule has 2 rings (SSSR count). The van der Waals surface area contributed by atoms with Crippen LogP contribution in [0.3, 0.4) is 0 Å². The lowest BCUT2D eigenvalue weighted by Crippen LogP contribution is -2.51. The lowest BCUT2D eigenvalue weighted by atomic mass is 9.98. The highest BCUT2D eigenvalue weighted by atomic mass is 16.4. The van der Waals surface area contributed by atoms with Gasteiger partial charge in [-0.3, -0.25) is 14.8 Å². The van der Waals surface area contributed by atoms with Crippen LogP contribution in [0.4, 0.5) is 0 Å². The predicted molar refractivity (Wildman–Crippen MR) is 63.8 cm³/mol. The number of nitrogens with one attached hydrogen (secondary N) is 1. The minimum atomic E-state index is -0.846. The largest absolute Gasteiger partial charge is 0.480 e. The van der Waals surface area contributed by atoms with Crippen LogP contribution in [0.25, 0.3) is 0 Å². The molecule has 94 valence electrons. The second-order valence-electron chi connectivity index (χ2n) is 5.09. The third-order valence-electron chi connectivity index (χ3n) is 3.18. The van der Waals surface area contributed by atoms with E-state index >= 15 is 0 Å². The van der Waals surface area contributed by atoms with Crippen molar-refractivity contribution in [1.29, 1.82) is 0 Å². The standard InChI is InChI=1S/C12H19N3O2/c1-9-7-13-15(8-9)6-5-12(2,11(16)17)14-10-3-4-10/h7-8,10,14H,3-6H2,1-2H3,(H,16,17). The van der Waals surface area contributed by atoms with E-state index in [4.69, 9.17) is 0 Å². The van der Waals surface area contributed by atoms with Gasteiger partial charge in [-0.2, -0.15) is 5.10 Å². The predicted octanol–water partition coefficient (Wildman–Crippen LogP) is 1.18. The van der Waals surface area contributed by atoms with Gasteiger partial charge in [0.05, 0.1) is 6.20 Å². The third kappa shape index (κ3) is 3.06. The maximum absolute atomic E-state index is 11.3. The number of aliphatic carboxylic acids is 1. The van der Waals surface area contributed by atoms with Crippen molar-refractivity contribution in [3.8, 4) is 0 Å². The second-order valence-corrected chi connectivity index (χ2v) is 5.09. The van der Waals surface area contributed by atoms with Crippen molar-refractivity contribution >= 4 is 5.97 Å². The van der Waals surface area contributed by atoms with Gasteiger partial charge in [-0.05, 0) is 38.7 Å². The fourth-order valence-electron chi connectivity index (χ4n) is 1.85. The van der Waals surface area contributed by atoms with E-state index in [1.165, 1.54) is 0 Å². The Balaban J connectivity index is 1.95. The van der Waals surface area contributed by atoms with Crippen LogP contribution in [-0.4, -0.2) is 32.4 Å². The van der Waals surface area contributed by atoms with Crippen molar-refractivity contribution in [3.63, 3.8) is 0 Å². The number of carbonyl (C=O) groups is 1. The molecule has 1 atom stereocenters. The summed E-state index contributed by atoms with van der Waals surface area (Å²) in [6.45, 7) is 4.35. The highest BCUT2D eigenvalue weighted by molar-refractivity contribution is 5.78. The fourth-order valence-corrected chi connectivity index (χ4v) is 1.85. The molecule has 1 aromatic rings. The average Bonchev–Trinajstić information content (AvgIpc) is 2.96. The molecule has 17 heavy (non-hydrogen) atoms. The van der Waals surface area contributed by atoms with E-state index in [9.17, 15) is 9.90 Å². The van der Waals surface area contributed by atoms with Crippen molar-refractivity contribution < 1.29 is 9.90 Å². The summed E-state index contributed by atoms with van der Waals surface area (Å²) in [5, 5.41) is 16.7. The Kier molecular flexibility index (Phi) is 3.19. The number of nitrogens with zero attached hydrogens (tertiary/aromatic N) is 2. The molecule has 0 radical (unpaired) electrons. The van der Waals surface area contributed by atoms with Gasteiger partial charge in [0.15, 0.2) is 0 Å². The quantitative estimate of drug-likeness (QED) is 0.779. The first-order chi connectivity index (χ1) is 7.99. The topological polar surface area (TPSA) is 67.2 Å². The van der Waals surface area contributed by atoms with Gasteiger partial charge >= 0.3 is 5.97 Å². The Hall–Kier alpha value is -1.36. The molecule has 0 spiro atoms. The van der Waals surface area contributed by atoms with Crippen LogP contribution in [0, 0.1) is 6.92 Å². The Bertz CT molecular complexity index is 412. The normalized spacial score (nSPS) is 18.9. The number of carboxylic acids is 1. The Morgan fingerprint density at radius 2 is 2.41 bits per heavy atom. The highest BCUT2D eigenvalue weighted by Crippen LogP contribution is 2.24. The van der Waals surface area contributed by atoms with Crippen molar-refractivity contribution in [3.05, 3.63) is 18.0 Å². The highest BCUT2D eigenvalue weighted by Gasteiger charge is 2.38. The average molecular weight is 237 g/mol. The maximum atomic E-state index is 11.3. The molecule has 1 aliphatic rings. The monoisotopic (exact) mass is 237 g/mol. The van der Waals surface area contributed by atoms with Crippen LogP contribution in [-0.2, 0) is 11.3 Å². The zero-order valence-corrected chi connectivity index (χ0v) is 10.3. The molecule has 0 amide bonds. The summed E-state index contributed by atoms with van der Waals surface area (Å²) >= 11 is 0. The first-order valence-corrected chi connectivity index (χ1v) is 6.00. The number of rotatable bonds is 6. The molecule has 0 aromatic carbocycles. The van der Waals surface area contributed by atoms with E-state index < -0.39 is 11.5 Å². The third-order valence-corrected chi connectivity index (χ3v) is 3.18. The lowest BCUT2D eigenvalue weighted by molar-refractivity contribution is -0.144. The van der Waals surface area contributed by atoms with Gasteiger partial charge in [0.1, 0.15) is 5.54 Å². The zero-order valence-electron chi connectivity index (χ0n) is 10.3. The molecule has 1 fully saturated rings. The summed E-state index contributed by atoms with van der Waals surface area (Å²) in [6, 6.07) is 0.385. The molecule has 0 saturated heterocycles. The summed E-state index contributed by atoms with van der Waals surface area (Å²) in [7, 11) is 0. The molecule has 5 nitrogen and oxygen atoms in total. The molecule has 2 N–H and O–H groups in total. The number of hydrogen-bond donors (Lipinski definition) is 2. The molecule has 5 heteroatoms. The van der Waals surface area contributed by atoms with Crippen molar-refractivity contribution in [2.24, 2.45) is 0 Å². The summed E-state index contributed by atoms with van der Waals surface area (Å²) < 4.78 is 1.80. The SMILES string of the molecule is Cc1cnn(CCC(C)(NC2CC2)C(=O)O)c1. The van der Waals surface area contributed by atoms with Crippen LogP contribution in [0.2, 0.25) is 0 Å². The van der Waals surface area contributed by atoms with Crippen molar-refractivity contribution in [2.45, 2.75) is 51.2 Å².